The third-order valence-corrected chi connectivity index (χ3v) is 5.02. The minimum Gasteiger partial charge on any atom is -0.481 e. The molecule has 1 fully saturated rings. The van der Waals surface area contributed by atoms with Crippen LogP contribution in [0.4, 0.5) is 0 Å². The first-order valence-corrected chi connectivity index (χ1v) is 9.33. The summed E-state index contributed by atoms with van der Waals surface area (Å²) >= 11 is 0. The molecule has 1 aromatic rings. The van der Waals surface area contributed by atoms with Gasteiger partial charge in [-0.15, -0.1) is 0 Å². The van der Waals surface area contributed by atoms with Gasteiger partial charge in [-0.25, -0.2) is 0 Å². The molecule has 0 aliphatic heterocycles. The number of hydrogen-bond acceptors (Lipinski definition) is 4. The minimum absolute atomic E-state index is 0.0294. The van der Waals surface area contributed by atoms with E-state index in [0.29, 0.717) is 38.9 Å². The monoisotopic (exact) mass is 362 g/mol. The van der Waals surface area contributed by atoms with Crippen molar-refractivity contribution in [3.8, 4) is 0 Å². The molecule has 0 radical (unpaired) electrons. The Morgan fingerprint density at radius 1 is 1.23 bits per heavy atom. The van der Waals surface area contributed by atoms with Gasteiger partial charge in [0.1, 0.15) is 0 Å². The van der Waals surface area contributed by atoms with Crippen LogP contribution in [0.15, 0.2) is 36.4 Å². The summed E-state index contributed by atoms with van der Waals surface area (Å²) in [7, 11) is 0. The molecule has 0 saturated heterocycles. The van der Waals surface area contributed by atoms with E-state index in [0.717, 1.165) is 5.56 Å². The fraction of sp³-hybridized carbons (Fsp3) is 0.571. The van der Waals surface area contributed by atoms with Gasteiger partial charge in [0.05, 0.1) is 25.4 Å². The maximum Gasteiger partial charge on any atom is 0.303 e. The van der Waals surface area contributed by atoms with Gasteiger partial charge in [-0.05, 0) is 44.1 Å². The summed E-state index contributed by atoms with van der Waals surface area (Å²) in [5.41, 5.74) is 2.29. The molecule has 144 valence electrons. The Morgan fingerprint density at radius 2 is 2.00 bits per heavy atom. The Kier molecular flexibility index (Phi) is 8.29. The Morgan fingerprint density at radius 3 is 2.73 bits per heavy atom. The first-order chi connectivity index (χ1) is 12.5. The lowest BCUT2D eigenvalue weighted by atomic mass is 9.91. The van der Waals surface area contributed by atoms with Gasteiger partial charge in [-0.3, -0.25) is 4.79 Å². The molecule has 0 unspecified atom stereocenters. The number of benzene rings is 1. The van der Waals surface area contributed by atoms with Gasteiger partial charge in [-0.2, -0.15) is 0 Å². The SMILES string of the molecule is Cc1cccc(COC[C@H]2[C@H](C/C=C\CCCC(=O)O)[C@H](O)C[C@@H]2O)c1. The number of ether oxygens (including phenoxy) is 1. The van der Waals surface area contributed by atoms with E-state index in [1.54, 1.807) is 0 Å². The van der Waals surface area contributed by atoms with Crippen LogP contribution in [0.5, 0.6) is 0 Å². The van der Waals surface area contributed by atoms with E-state index in [9.17, 15) is 15.0 Å². The summed E-state index contributed by atoms with van der Waals surface area (Å²) in [5.74, 6) is -0.893. The number of hydrogen-bond donors (Lipinski definition) is 3. The van der Waals surface area contributed by atoms with Crippen molar-refractivity contribution < 1.29 is 24.9 Å². The molecule has 3 N–H and O–H groups in total. The molecule has 2 rings (SSSR count). The Bertz CT molecular complexity index is 598. The summed E-state index contributed by atoms with van der Waals surface area (Å²) < 4.78 is 5.82. The Hall–Kier alpha value is -1.69. The largest absolute Gasteiger partial charge is 0.481 e. The van der Waals surface area contributed by atoms with E-state index in [1.165, 1.54) is 5.56 Å². The van der Waals surface area contributed by atoms with Gasteiger partial charge < -0.3 is 20.1 Å². The molecule has 4 atom stereocenters. The first kappa shape index (κ1) is 20.6. The third kappa shape index (κ3) is 6.56. The molecule has 0 bridgehead atoms. The van der Waals surface area contributed by atoms with Crippen molar-refractivity contribution in [2.75, 3.05) is 6.61 Å². The number of carbonyl (C=O) groups is 1. The third-order valence-electron chi connectivity index (χ3n) is 5.02. The van der Waals surface area contributed by atoms with Crippen LogP contribution in [0.2, 0.25) is 0 Å². The van der Waals surface area contributed by atoms with Crippen LogP contribution in [0.1, 0.15) is 43.2 Å². The van der Waals surface area contributed by atoms with Crippen molar-refractivity contribution in [3.63, 3.8) is 0 Å². The highest BCUT2D eigenvalue weighted by Crippen LogP contribution is 2.35. The average molecular weight is 362 g/mol. The van der Waals surface area contributed by atoms with Crippen molar-refractivity contribution in [1.29, 1.82) is 0 Å². The lowest BCUT2D eigenvalue weighted by molar-refractivity contribution is -0.137. The summed E-state index contributed by atoms with van der Waals surface area (Å²) in [5, 5.41) is 29.1. The maximum absolute atomic E-state index is 10.5. The van der Waals surface area contributed by atoms with Gasteiger partial charge in [0.15, 0.2) is 0 Å². The van der Waals surface area contributed by atoms with Crippen LogP contribution in [0.25, 0.3) is 0 Å². The molecule has 5 heteroatoms. The van der Waals surface area contributed by atoms with Crippen LogP contribution < -0.4 is 0 Å². The number of carboxylic acid groups (broad SMARTS) is 1. The molecule has 1 aliphatic carbocycles. The van der Waals surface area contributed by atoms with Gasteiger partial charge in [-0.1, -0.05) is 42.0 Å². The quantitative estimate of drug-likeness (QED) is 0.440. The fourth-order valence-electron chi connectivity index (χ4n) is 3.59. The lowest BCUT2D eigenvalue weighted by Gasteiger charge is -2.22. The Balaban J connectivity index is 1.79. The molecular weight excluding hydrogens is 332 g/mol. The zero-order chi connectivity index (χ0) is 18.9. The number of aliphatic carboxylic acids is 1. The summed E-state index contributed by atoms with van der Waals surface area (Å²) in [4.78, 5) is 10.5. The van der Waals surface area contributed by atoms with E-state index in [4.69, 9.17) is 9.84 Å². The molecule has 1 aromatic carbocycles. The predicted octanol–water partition coefficient (Wildman–Crippen LogP) is 3.07. The maximum atomic E-state index is 10.5. The molecule has 5 nitrogen and oxygen atoms in total. The summed E-state index contributed by atoms with van der Waals surface area (Å²) in [6.07, 6.45) is 5.43. The topological polar surface area (TPSA) is 87.0 Å². The summed E-state index contributed by atoms with van der Waals surface area (Å²) in [6.45, 7) is 2.96. The molecule has 26 heavy (non-hydrogen) atoms. The number of aryl methyl sites for hydroxylation is 1. The highest BCUT2D eigenvalue weighted by Gasteiger charge is 2.40. The zero-order valence-electron chi connectivity index (χ0n) is 15.4. The number of aliphatic hydroxyl groups is 2. The van der Waals surface area contributed by atoms with E-state index < -0.39 is 18.2 Å². The second kappa shape index (κ2) is 10.5. The van der Waals surface area contributed by atoms with Crippen molar-refractivity contribution in [1.82, 2.24) is 0 Å². The van der Waals surface area contributed by atoms with Crippen molar-refractivity contribution >= 4 is 5.97 Å². The van der Waals surface area contributed by atoms with Crippen LogP contribution in [0, 0.1) is 18.8 Å². The molecule has 0 amide bonds. The molecule has 0 heterocycles. The van der Waals surface area contributed by atoms with Crippen molar-refractivity contribution in [2.45, 2.75) is 57.8 Å². The molecule has 1 aliphatic rings. The van der Waals surface area contributed by atoms with Crippen molar-refractivity contribution in [2.24, 2.45) is 11.8 Å². The average Bonchev–Trinajstić information content (AvgIpc) is 2.84. The number of aliphatic hydroxyl groups excluding tert-OH is 2. The second-order valence-corrected chi connectivity index (χ2v) is 7.20. The molecule has 1 saturated carbocycles. The van der Waals surface area contributed by atoms with Crippen LogP contribution in [-0.4, -0.2) is 40.1 Å². The number of unbranched alkanes of at least 4 members (excludes halogenated alkanes) is 1. The number of allylic oxidation sites excluding steroid dienone is 2. The van der Waals surface area contributed by atoms with Gasteiger partial charge >= 0.3 is 5.97 Å². The highest BCUT2D eigenvalue weighted by atomic mass is 16.5. The van der Waals surface area contributed by atoms with E-state index in [1.807, 2.05) is 37.3 Å². The van der Waals surface area contributed by atoms with Gasteiger partial charge in [0.2, 0.25) is 0 Å². The zero-order valence-corrected chi connectivity index (χ0v) is 15.4. The van der Waals surface area contributed by atoms with Gasteiger partial charge in [0.25, 0.3) is 0 Å². The predicted molar refractivity (Wildman–Crippen MR) is 99.7 cm³/mol. The van der Waals surface area contributed by atoms with E-state index in [2.05, 4.69) is 6.07 Å². The summed E-state index contributed by atoms with van der Waals surface area (Å²) in [6, 6.07) is 8.14. The van der Waals surface area contributed by atoms with E-state index >= 15 is 0 Å². The molecular formula is C21H30O5. The smallest absolute Gasteiger partial charge is 0.303 e. The highest BCUT2D eigenvalue weighted by molar-refractivity contribution is 5.66. The molecule has 0 spiro atoms. The second-order valence-electron chi connectivity index (χ2n) is 7.20. The van der Waals surface area contributed by atoms with E-state index in [-0.39, 0.29) is 18.3 Å². The Labute approximate surface area is 155 Å². The van der Waals surface area contributed by atoms with Crippen LogP contribution in [-0.2, 0) is 16.1 Å². The fourth-order valence-corrected chi connectivity index (χ4v) is 3.59. The minimum atomic E-state index is -0.779. The standard InChI is InChI=1S/C21H30O5/c1-15-7-6-8-16(11-15)13-26-14-18-17(19(22)12-20(18)23)9-4-2-3-5-10-21(24)25/h2,4,6-8,11,17-20,22-23H,3,5,9-10,12-14H2,1H3,(H,24,25)/b4-2-/t17-,18-,19+,20-/m0/s1. The first-order valence-electron chi connectivity index (χ1n) is 9.33. The number of rotatable bonds is 10. The normalized spacial score (nSPS) is 25.8. The molecule has 0 aromatic heterocycles. The van der Waals surface area contributed by atoms with Crippen LogP contribution >= 0.6 is 0 Å². The van der Waals surface area contributed by atoms with Gasteiger partial charge in [0, 0.05) is 12.3 Å². The lowest BCUT2D eigenvalue weighted by Crippen LogP contribution is -2.26. The van der Waals surface area contributed by atoms with Crippen molar-refractivity contribution in [3.05, 3.63) is 47.5 Å². The van der Waals surface area contributed by atoms with Crippen LogP contribution in [0.3, 0.4) is 0 Å². The number of carboxylic acids is 1.